The Morgan fingerprint density at radius 2 is 1.74 bits per heavy atom. The van der Waals surface area contributed by atoms with Crippen LogP contribution < -0.4 is 4.90 Å². The largest absolute Gasteiger partial charge is 0.465 e. The third kappa shape index (κ3) is 4.02. The average molecular weight is 365 g/mol. The summed E-state index contributed by atoms with van der Waals surface area (Å²) in [6, 6.07) is 14.1. The van der Waals surface area contributed by atoms with Crippen molar-refractivity contribution in [2.24, 2.45) is 5.11 Å². The molecule has 0 unspecified atom stereocenters. The van der Waals surface area contributed by atoms with Crippen LogP contribution in [0.4, 0.5) is 11.4 Å². The van der Waals surface area contributed by atoms with Gasteiger partial charge in [-0.2, -0.15) is 0 Å². The molecule has 0 saturated carbocycles. The molecule has 1 amide bonds. The molecule has 0 N–H and O–H groups in total. The van der Waals surface area contributed by atoms with E-state index in [2.05, 4.69) is 10.0 Å². The van der Waals surface area contributed by atoms with Crippen LogP contribution >= 0.6 is 0 Å². The van der Waals surface area contributed by atoms with Gasteiger partial charge in [0.25, 0.3) is 5.91 Å². The Morgan fingerprint density at radius 3 is 2.37 bits per heavy atom. The fourth-order valence-electron chi connectivity index (χ4n) is 3.08. The molecule has 0 bridgehead atoms. The lowest BCUT2D eigenvalue weighted by molar-refractivity contribution is 0.0600. The summed E-state index contributed by atoms with van der Waals surface area (Å²) in [5.74, 6) is -0.485. The smallest absolute Gasteiger partial charge is 0.337 e. The normalized spacial score (nSPS) is 13.7. The minimum atomic E-state index is -0.491. The molecule has 3 rings (SSSR count). The first-order chi connectivity index (χ1) is 13.1. The van der Waals surface area contributed by atoms with Crippen molar-refractivity contribution in [2.45, 2.75) is 0 Å². The van der Waals surface area contributed by atoms with E-state index in [4.69, 9.17) is 10.3 Å². The van der Waals surface area contributed by atoms with Crippen molar-refractivity contribution in [1.82, 2.24) is 4.90 Å². The highest BCUT2D eigenvalue weighted by molar-refractivity contribution is 5.94. The molecule has 0 radical (unpaired) electrons. The van der Waals surface area contributed by atoms with Crippen LogP contribution in [0.15, 0.2) is 53.6 Å². The van der Waals surface area contributed by atoms with E-state index in [0.29, 0.717) is 43.0 Å². The van der Waals surface area contributed by atoms with Crippen LogP contribution in [0.1, 0.15) is 20.7 Å². The van der Waals surface area contributed by atoms with E-state index in [1.54, 1.807) is 24.3 Å². The number of hydrogen-bond donors (Lipinski definition) is 0. The zero-order valence-electron chi connectivity index (χ0n) is 14.9. The number of esters is 1. The number of rotatable bonds is 4. The van der Waals surface area contributed by atoms with E-state index in [-0.39, 0.29) is 5.91 Å². The molecular weight excluding hydrogens is 346 g/mol. The first-order valence-corrected chi connectivity index (χ1v) is 8.51. The van der Waals surface area contributed by atoms with Gasteiger partial charge in [0.1, 0.15) is 0 Å². The van der Waals surface area contributed by atoms with E-state index in [1.165, 1.54) is 13.2 Å². The van der Waals surface area contributed by atoms with E-state index in [1.807, 2.05) is 28.0 Å². The molecule has 8 nitrogen and oxygen atoms in total. The Bertz CT molecular complexity index is 885. The molecule has 1 aliphatic heterocycles. The lowest BCUT2D eigenvalue weighted by atomic mass is 10.1. The lowest BCUT2D eigenvalue weighted by Gasteiger charge is -2.36. The number of ether oxygens (including phenoxy) is 1. The summed E-state index contributed by atoms with van der Waals surface area (Å²) in [6.07, 6.45) is 0. The Kier molecular flexibility index (Phi) is 5.58. The van der Waals surface area contributed by atoms with Gasteiger partial charge >= 0.3 is 5.97 Å². The number of methoxy groups -OCH3 is 1. The quantitative estimate of drug-likeness (QED) is 0.359. The van der Waals surface area contributed by atoms with Gasteiger partial charge in [-0.1, -0.05) is 23.3 Å². The van der Waals surface area contributed by atoms with Crippen molar-refractivity contribution in [3.63, 3.8) is 0 Å². The highest BCUT2D eigenvalue weighted by Gasteiger charge is 2.23. The van der Waals surface area contributed by atoms with Crippen LogP contribution in [0.3, 0.4) is 0 Å². The molecule has 1 heterocycles. The first kappa shape index (κ1) is 18.3. The minimum absolute atomic E-state index is 0.00607. The van der Waals surface area contributed by atoms with Crippen LogP contribution in [0.25, 0.3) is 10.4 Å². The summed E-state index contributed by atoms with van der Waals surface area (Å²) >= 11 is 0. The van der Waals surface area contributed by atoms with Gasteiger partial charge in [0.2, 0.25) is 0 Å². The standard InChI is InChI=1S/C19H19N5O3/c1-27-19(26)15-7-8-17(16(13-15)21-22-20)23-9-11-24(12-10-23)18(25)14-5-3-2-4-6-14/h2-8,13H,9-12H2,1H3. The van der Waals surface area contributed by atoms with Crippen molar-refractivity contribution >= 4 is 23.3 Å². The molecule has 0 atom stereocenters. The molecule has 138 valence electrons. The molecule has 2 aromatic rings. The zero-order chi connectivity index (χ0) is 19.2. The van der Waals surface area contributed by atoms with Crippen LogP contribution in [0.5, 0.6) is 0 Å². The van der Waals surface area contributed by atoms with Crippen molar-refractivity contribution in [3.8, 4) is 0 Å². The number of anilines is 1. The number of amides is 1. The number of carbonyl (C=O) groups is 2. The molecular formula is C19H19N5O3. The number of azide groups is 1. The van der Waals surface area contributed by atoms with Crippen molar-refractivity contribution in [1.29, 1.82) is 0 Å². The van der Waals surface area contributed by atoms with Gasteiger partial charge in [-0.25, -0.2) is 4.79 Å². The number of hydrogen-bond acceptors (Lipinski definition) is 5. The Balaban J connectivity index is 1.75. The van der Waals surface area contributed by atoms with E-state index >= 15 is 0 Å². The molecule has 2 aromatic carbocycles. The van der Waals surface area contributed by atoms with Gasteiger partial charge in [0.15, 0.2) is 0 Å². The molecule has 0 spiro atoms. The fourth-order valence-corrected chi connectivity index (χ4v) is 3.08. The molecule has 27 heavy (non-hydrogen) atoms. The molecule has 0 aromatic heterocycles. The maximum absolute atomic E-state index is 12.6. The third-order valence-electron chi connectivity index (χ3n) is 4.48. The van der Waals surface area contributed by atoms with E-state index in [9.17, 15) is 9.59 Å². The second-order valence-corrected chi connectivity index (χ2v) is 6.03. The Labute approximate surface area is 156 Å². The van der Waals surface area contributed by atoms with Gasteiger partial charge < -0.3 is 14.5 Å². The van der Waals surface area contributed by atoms with Crippen LogP contribution in [-0.4, -0.2) is 50.1 Å². The Hall–Kier alpha value is -3.51. The van der Waals surface area contributed by atoms with E-state index < -0.39 is 5.97 Å². The summed E-state index contributed by atoms with van der Waals surface area (Å²) in [6.45, 7) is 2.32. The maximum atomic E-state index is 12.6. The maximum Gasteiger partial charge on any atom is 0.337 e. The molecule has 1 fully saturated rings. The predicted octanol–water partition coefficient (Wildman–Crippen LogP) is 3.38. The number of nitrogens with zero attached hydrogens (tertiary/aromatic N) is 5. The second kappa shape index (κ2) is 8.25. The molecule has 8 heteroatoms. The van der Waals surface area contributed by atoms with Gasteiger partial charge in [0.05, 0.1) is 18.4 Å². The Morgan fingerprint density at radius 1 is 1.04 bits per heavy atom. The summed E-state index contributed by atoms with van der Waals surface area (Å²) in [5.41, 5.74) is 10.9. The van der Waals surface area contributed by atoms with Crippen molar-refractivity contribution in [3.05, 3.63) is 70.1 Å². The molecule has 0 aliphatic carbocycles. The predicted molar refractivity (Wildman–Crippen MR) is 101 cm³/mol. The van der Waals surface area contributed by atoms with Crippen molar-refractivity contribution in [2.75, 3.05) is 38.2 Å². The van der Waals surface area contributed by atoms with Gasteiger partial charge in [-0.3, -0.25) is 4.79 Å². The zero-order valence-corrected chi connectivity index (χ0v) is 14.9. The SMILES string of the molecule is COC(=O)c1ccc(N2CCN(C(=O)c3ccccc3)CC2)c(N=[N+]=[N-])c1. The first-order valence-electron chi connectivity index (χ1n) is 8.51. The van der Waals surface area contributed by atoms with Crippen LogP contribution in [0, 0.1) is 0 Å². The number of piperazine rings is 1. The summed E-state index contributed by atoms with van der Waals surface area (Å²) < 4.78 is 4.71. The minimum Gasteiger partial charge on any atom is -0.465 e. The number of carbonyl (C=O) groups excluding carboxylic acids is 2. The average Bonchev–Trinajstić information content (AvgIpc) is 2.73. The van der Waals surface area contributed by atoms with Crippen LogP contribution in [-0.2, 0) is 4.74 Å². The van der Waals surface area contributed by atoms with Gasteiger partial charge in [0, 0.05) is 42.3 Å². The summed E-state index contributed by atoms with van der Waals surface area (Å²) in [4.78, 5) is 31.0. The monoisotopic (exact) mass is 365 g/mol. The summed E-state index contributed by atoms with van der Waals surface area (Å²) in [7, 11) is 1.30. The summed E-state index contributed by atoms with van der Waals surface area (Å²) in [5, 5.41) is 3.71. The van der Waals surface area contributed by atoms with Crippen LogP contribution in [0.2, 0.25) is 0 Å². The topological polar surface area (TPSA) is 98.6 Å². The van der Waals surface area contributed by atoms with Gasteiger partial charge in [-0.05, 0) is 35.9 Å². The number of benzene rings is 2. The molecule has 1 aliphatic rings. The van der Waals surface area contributed by atoms with Crippen molar-refractivity contribution < 1.29 is 14.3 Å². The molecule has 1 saturated heterocycles. The highest BCUT2D eigenvalue weighted by atomic mass is 16.5. The highest BCUT2D eigenvalue weighted by Crippen LogP contribution is 2.31. The third-order valence-corrected chi connectivity index (χ3v) is 4.48. The second-order valence-electron chi connectivity index (χ2n) is 6.03. The van der Waals surface area contributed by atoms with E-state index in [0.717, 1.165) is 5.69 Å². The fraction of sp³-hybridized carbons (Fsp3) is 0.263. The lowest BCUT2D eigenvalue weighted by Crippen LogP contribution is -2.48. The van der Waals surface area contributed by atoms with Gasteiger partial charge in [-0.15, -0.1) is 0 Å².